The van der Waals surface area contributed by atoms with Crippen LogP contribution in [0.25, 0.3) is 0 Å². The Morgan fingerprint density at radius 2 is 1.80 bits per heavy atom. The molecule has 0 bridgehead atoms. The van der Waals surface area contributed by atoms with E-state index in [2.05, 4.69) is 16.0 Å². The number of carbonyl (C=O) groups is 3. The number of nitrogens with one attached hydrogen (secondary N) is 3. The molecule has 0 aromatic heterocycles. The van der Waals surface area contributed by atoms with Gasteiger partial charge in [-0.15, -0.1) is 0 Å². The number of halogens is 6. The SMILES string of the molecule is CC(=O)NC(C)C(=O)NCc1ccc(C(=O)Nc2ccc(Cl)cc2N2CCN(CCC(F)(F)F)[C@@H](C)C2)c(F)c1F. The Bertz CT molecular complexity index is 1290. The number of hydrogen-bond donors (Lipinski definition) is 3. The van der Waals surface area contributed by atoms with Crippen molar-refractivity contribution in [3.63, 3.8) is 0 Å². The molecule has 1 aliphatic rings. The summed E-state index contributed by atoms with van der Waals surface area (Å²) < 4.78 is 67.7. The minimum atomic E-state index is -4.26. The molecule has 1 heterocycles. The van der Waals surface area contributed by atoms with Crippen LogP contribution in [0.15, 0.2) is 30.3 Å². The fraction of sp³-hybridized carbons (Fsp3) is 0.444. The first kappa shape index (κ1) is 32.1. The van der Waals surface area contributed by atoms with Gasteiger partial charge in [-0.1, -0.05) is 17.7 Å². The van der Waals surface area contributed by atoms with Crippen molar-refractivity contribution in [3.05, 3.63) is 58.1 Å². The van der Waals surface area contributed by atoms with E-state index < -0.39 is 53.6 Å². The molecule has 1 saturated heterocycles. The lowest BCUT2D eigenvalue weighted by Gasteiger charge is -2.41. The van der Waals surface area contributed by atoms with Gasteiger partial charge in [0.05, 0.1) is 23.4 Å². The highest BCUT2D eigenvalue weighted by Gasteiger charge is 2.32. The van der Waals surface area contributed by atoms with Crippen molar-refractivity contribution in [2.75, 3.05) is 36.4 Å². The van der Waals surface area contributed by atoms with Crippen LogP contribution < -0.4 is 20.9 Å². The summed E-state index contributed by atoms with van der Waals surface area (Å²) in [4.78, 5) is 39.7. The van der Waals surface area contributed by atoms with E-state index in [4.69, 9.17) is 11.6 Å². The summed E-state index contributed by atoms with van der Waals surface area (Å²) in [7, 11) is 0. The van der Waals surface area contributed by atoms with Gasteiger partial charge in [0, 0.05) is 56.3 Å². The first-order chi connectivity index (χ1) is 19.2. The van der Waals surface area contributed by atoms with Gasteiger partial charge in [-0.2, -0.15) is 13.2 Å². The Morgan fingerprint density at radius 1 is 1.10 bits per heavy atom. The molecule has 3 rings (SSSR count). The number of hydrogen-bond acceptors (Lipinski definition) is 5. The molecule has 1 fully saturated rings. The van der Waals surface area contributed by atoms with Crippen LogP contribution in [-0.4, -0.2) is 67.1 Å². The summed E-state index contributed by atoms with van der Waals surface area (Å²) >= 11 is 6.18. The molecule has 0 radical (unpaired) electrons. The zero-order valence-corrected chi connectivity index (χ0v) is 23.4. The van der Waals surface area contributed by atoms with Crippen molar-refractivity contribution >= 4 is 40.7 Å². The van der Waals surface area contributed by atoms with Crippen LogP contribution in [0, 0.1) is 11.6 Å². The predicted octanol–water partition coefficient (Wildman–Crippen LogP) is 4.47. The van der Waals surface area contributed by atoms with E-state index in [0.29, 0.717) is 30.3 Å². The Morgan fingerprint density at radius 3 is 2.44 bits per heavy atom. The number of amides is 3. The zero-order chi connectivity index (χ0) is 30.5. The monoisotopic (exact) mass is 603 g/mol. The average Bonchev–Trinajstić information content (AvgIpc) is 2.88. The number of alkyl halides is 3. The number of piperazine rings is 1. The van der Waals surface area contributed by atoms with Crippen LogP contribution in [0.3, 0.4) is 0 Å². The van der Waals surface area contributed by atoms with Crippen molar-refractivity contribution in [1.82, 2.24) is 15.5 Å². The van der Waals surface area contributed by atoms with Gasteiger partial charge in [0.15, 0.2) is 11.6 Å². The number of nitrogens with zero attached hydrogens (tertiary/aromatic N) is 2. The number of anilines is 2. The summed E-state index contributed by atoms with van der Waals surface area (Å²) in [5, 5.41) is 7.69. The molecule has 3 amide bonds. The average molecular weight is 604 g/mol. The lowest BCUT2D eigenvalue weighted by Crippen LogP contribution is -2.52. The second-order valence-corrected chi connectivity index (χ2v) is 10.3. The van der Waals surface area contributed by atoms with E-state index in [0.717, 1.165) is 6.07 Å². The molecule has 0 aliphatic carbocycles. The van der Waals surface area contributed by atoms with Gasteiger partial charge in [0.2, 0.25) is 11.8 Å². The van der Waals surface area contributed by atoms with E-state index >= 15 is 0 Å². The summed E-state index contributed by atoms with van der Waals surface area (Å²) in [6, 6.07) is 5.74. The Balaban J connectivity index is 1.71. The van der Waals surface area contributed by atoms with E-state index in [1.807, 2.05) is 4.90 Å². The maximum Gasteiger partial charge on any atom is 0.390 e. The molecule has 2 aromatic rings. The van der Waals surface area contributed by atoms with Crippen LogP contribution in [0.2, 0.25) is 5.02 Å². The van der Waals surface area contributed by atoms with Crippen LogP contribution in [-0.2, 0) is 16.1 Å². The van der Waals surface area contributed by atoms with E-state index in [9.17, 15) is 36.3 Å². The van der Waals surface area contributed by atoms with Gasteiger partial charge in [-0.3, -0.25) is 19.3 Å². The van der Waals surface area contributed by atoms with Gasteiger partial charge in [0.25, 0.3) is 5.91 Å². The number of benzene rings is 2. The predicted molar refractivity (Wildman–Crippen MR) is 145 cm³/mol. The van der Waals surface area contributed by atoms with Crippen LogP contribution in [0.4, 0.5) is 33.3 Å². The van der Waals surface area contributed by atoms with Gasteiger partial charge >= 0.3 is 6.18 Å². The third-order valence-corrected chi connectivity index (χ3v) is 6.90. The molecule has 3 N–H and O–H groups in total. The molecule has 224 valence electrons. The zero-order valence-electron chi connectivity index (χ0n) is 22.7. The van der Waals surface area contributed by atoms with Gasteiger partial charge in [-0.05, 0) is 38.1 Å². The van der Waals surface area contributed by atoms with Crippen LogP contribution in [0.1, 0.15) is 43.1 Å². The van der Waals surface area contributed by atoms with Crippen molar-refractivity contribution in [3.8, 4) is 0 Å². The number of rotatable bonds is 9. The van der Waals surface area contributed by atoms with Crippen molar-refractivity contribution in [2.24, 2.45) is 0 Å². The summed E-state index contributed by atoms with van der Waals surface area (Å²) in [6.45, 7) is 5.02. The summed E-state index contributed by atoms with van der Waals surface area (Å²) in [6.07, 6.45) is -5.17. The van der Waals surface area contributed by atoms with E-state index in [-0.39, 0.29) is 30.4 Å². The van der Waals surface area contributed by atoms with Gasteiger partial charge in [0.1, 0.15) is 6.04 Å². The fourth-order valence-electron chi connectivity index (χ4n) is 4.49. The normalized spacial score (nSPS) is 16.7. The summed E-state index contributed by atoms with van der Waals surface area (Å²) in [5.74, 6) is -4.69. The lowest BCUT2D eigenvalue weighted by molar-refractivity contribution is -0.139. The standard InChI is InChI=1S/C27H31ClF5N5O3/c1-15-14-38(11-10-37(15)9-8-27(31,32)33)22-12-19(28)5-7-21(22)36-26(41)20-6-4-18(23(29)24(20)30)13-34-25(40)16(2)35-17(3)39/h4-7,12,15-16H,8-11,13-14H2,1-3H3,(H,34,40)(H,35,39)(H,36,41)/t15-,16?/m0/s1. The smallest absolute Gasteiger partial charge is 0.367 e. The summed E-state index contributed by atoms with van der Waals surface area (Å²) in [5.41, 5.74) is -0.0254. The highest BCUT2D eigenvalue weighted by atomic mass is 35.5. The maximum absolute atomic E-state index is 14.9. The van der Waals surface area contributed by atoms with Crippen molar-refractivity contribution in [2.45, 2.75) is 52.0 Å². The van der Waals surface area contributed by atoms with E-state index in [1.54, 1.807) is 17.9 Å². The Kier molecular flexibility index (Phi) is 10.5. The molecule has 2 aromatic carbocycles. The van der Waals surface area contributed by atoms with Crippen LogP contribution >= 0.6 is 11.6 Å². The molecule has 41 heavy (non-hydrogen) atoms. The topological polar surface area (TPSA) is 93.8 Å². The fourth-order valence-corrected chi connectivity index (χ4v) is 4.65. The maximum atomic E-state index is 14.9. The molecule has 0 saturated carbocycles. The van der Waals surface area contributed by atoms with Crippen molar-refractivity contribution < 1.29 is 36.3 Å². The molecular weight excluding hydrogens is 573 g/mol. The Labute approximate surface area is 239 Å². The highest BCUT2D eigenvalue weighted by molar-refractivity contribution is 6.31. The third kappa shape index (κ3) is 8.77. The molecule has 2 atom stereocenters. The second kappa shape index (κ2) is 13.5. The second-order valence-electron chi connectivity index (χ2n) is 9.85. The highest BCUT2D eigenvalue weighted by Crippen LogP contribution is 2.32. The largest absolute Gasteiger partial charge is 0.390 e. The lowest BCUT2D eigenvalue weighted by atomic mass is 10.1. The molecule has 8 nitrogen and oxygen atoms in total. The number of carbonyl (C=O) groups excluding carboxylic acids is 3. The minimum absolute atomic E-state index is 0.128. The quantitative estimate of drug-likeness (QED) is 0.368. The molecule has 0 spiro atoms. The molecule has 1 unspecified atom stereocenters. The van der Waals surface area contributed by atoms with E-state index in [1.165, 1.54) is 32.0 Å². The molecule has 1 aliphatic heterocycles. The first-order valence-corrected chi connectivity index (χ1v) is 13.2. The van der Waals surface area contributed by atoms with Gasteiger partial charge < -0.3 is 20.9 Å². The van der Waals surface area contributed by atoms with Gasteiger partial charge in [-0.25, -0.2) is 8.78 Å². The minimum Gasteiger partial charge on any atom is -0.367 e. The van der Waals surface area contributed by atoms with Crippen LogP contribution in [0.5, 0.6) is 0 Å². The Hall–Kier alpha value is -3.45. The van der Waals surface area contributed by atoms with Crippen molar-refractivity contribution in [1.29, 1.82) is 0 Å². The molecular formula is C27H31ClF5N5O3. The third-order valence-electron chi connectivity index (χ3n) is 6.67. The first-order valence-electron chi connectivity index (χ1n) is 12.8. The molecule has 14 heteroatoms.